The number of guanidine groups is 1. The number of hydrogen-bond donors (Lipinski definition) is 6. The number of benzene rings is 2. The van der Waals surface area contributed by atoms with Gasteiger partial charge in [-0.3, -0.25) is 29.0 Å². The maximum Gasteiger partial charge on any atom is 0.408 e. The summed E-state index contributed by atoms with van der Waals surface area (Å²) in [5.74, 6) is -5.35. The van der Waals surface area contributed by atoms with Crippen LogP contribution in [0.15, 0.2) is 65.7 Å². The van der Waals surface area contributed by atoms with Crippen molar-refractivity contribution in [2.24, 2.45) is 39.9 Å². The van der Waals surface area contributed by atoms with E-state index in [1.165, 1.54) is 0 Å². The Morgan fingerprint density at radius 1 is 0.804 bits per heavy atom. The third-order valence-corrected chi connectivity index (χ3v) is 8.36. The normalized spacial score (nSPS) is 13.8. The van der Waals surface area contributed by atoms with Gasteiger partial charge in [0, 0.05) is 18.9 Å². The van der Waals surface area contributed by atoms with Crippen molar-refractivity contribution >= 4 is 41.3 Å². The molecule has 2 rings (SSSR count). The number of alkyl carbamates (subject to hydrolysis) is 1. The number of amides is 4. The number of carbonyl (C=O) groups is 6. The van der Waals surface area contributed by atoms with Gasteiger partial charge < -0.3 is 37.9 Å². The van der Waals surface area contributed by atoms with Crippen LogP contribution in [-0.4, -0.2) is 66.0 Å². The maximum absolute atomic E-state index is 13.9. The zero-order chi connectivity index (χ0) is 37.9. The highest BCUT2D eigenvalue weighted by Gasteiger charge is 2.36. The maximum atomic E-state index is 13.9. The summed E-state index contributed by atoms with van der Waals surface area (Å²) in [6.45, 7) is 7.50. The zero-order valence-corrected chi connectivity index (χ0v) is 29.9. The number of ether oxygens (including phenoxy) is 1. The molecule has 278 valence electrons. The summed E-state index contributed by atoms with van der Waals surface area (Å²) in [5.41, 5.74) is 17.7. The Labute approximate surface area is 299 Å². The monoisotopic (exact) mass is 707 g/mol. The first kappa shape index (κ1) is 41.9. The van der Waals surface area contributed by atoms with E-state index in [-0.39, 0.29) is 44.3 Å². The number of aliphatic imine (C=N–C) groups is 1. The van der Waals surface area contributed by atoms with Crippen LogP contribution in [-0.2, 0) is 41.7 Å². The quantitative estimate of drug-likeness (QED) is 0.0455. The van der Waals surface area contributed by atoms with Crippen LogP contribution in [0.25, 0.3) is 0 Å². The van der Waals surface area contributed by atoms with E-state index in [1.807, 2.05) is 74.5 Å². The lowest BCUT2D eigenvalue weighted by atomic mass is 9.87. The van der Waals surface area contributed by atoms with Crippen LogP contribution in [0.5, 0.6) is 0 Å². The molecule has 0 bridgehead atoms. The van der Waals surface area contributed by atoms with E-state index < -0.39 is 65.3 Å². The van der Waals surface area contributed by atoms with Gasteiger partial charge in [-0.05, 0) is 48.6 Å². The Morgan fingerprint density at radius 3 is 1.96 bits per heavy atom. The zero-order valence-electron chi connectivity index (χ0n) is 29.9. The van der Waals surface area contributed by atoms with Gasteiger partial charge in [0.05, 0.1) is 12.1 Å². The minimum absolute atomic E-state index is 0.00799. The first-order chi connectivity index (χ1) is 24.2. The molecule has 14 heteroatoms. The van der Waals surface area contributed by atoms with Crippen LogP contribution in [0.3, 0.4) is 0 Å². The van der Waals surface area contributed by atoms with Crippen molar-refractivity contribution in [2.75, 3.05) is 6.54 Å². The van der Waals surface area contributed by atoms with Crippen LogP contribution in [0, 0.1) is 17.8 Å². The van der Waals surface area contributed by atoms with Crippen molar-refractivity contribution in [3.63, 3.8) is 0 Å². The highest BCUT2D eigenvalue weighted by molar-refractivity contribution is 6.38. The summed E-state index contributed by atoms with van der Waals surface area (Å²) in [7, 11) is 0. The van der Waals surface area contributed by atoms with Gasteiger partial charge in [0.15, 0.2) is 11.7 Å². The number of rotatable bonds is 22. The SMILES string of the molecule is CC[C@H](C)C(NC(=O)[C@@H](CC(=O)[C@H](Cc1ccccc1)NC(=O)OCc1ccccc1)CC(C)C)C(=O)C(=O)N[C@H](CCCN=C(N)N)C(N)=O. The molecule has 0 saturated carbocycles. The van der Waals surface area contributed by atoms with E-state index in [9.17, 15) is 28.8 Å². The third-order valence-electron chi connectivity index (χ3n) is 8.36. The second kappa shape index (κ2) is 21.7. The largest absolute Gasteiger partial charge is 0.445 e. The standard InChI is InChI=1S/C37H53N7O7/c1-5-24(4)31(32(46)35(49)42-28(33(38)47)17-12-18-41-36(39)40)44-34(48)27(19-23(2)3)21-30(45)29(20-25-13-8-6-9-14-25)43-37(50)51-22-26-15-10-7-11-16-26/h6-11,13-16,23-24,27-29,31H,5,12,17-22H2,1-4H3,(H2,38,47)(H,42,49)(H,43,50)(H,44,48)(H4,39,40,41)/t24-,27+,28+,29-,31?/m0/s1. The molecule has 2 aromatic rings. The van der Waals surface area contributed by atoms with Crippen LogP contribution < -0.4 is 33.2 Å². The van der Waals surface area contributed by atoms with E-state index in [4.69, 9.17) is 21.9 Å². The van der Waals surface area contributed by atoms with Crippen molar-refractivity contribution in [2.45, 2.75) is 91.0 Å². The molecule has 14 nitrogen and oxygen atoms in total. The fraction of sp³-hybridized carbons (Fsp3) is 0.486. The summed E-state index contributed by atoms with van der Waals surface area (Å²) >= 11 is 0. The number of nitrogens with two attached hydrogens (primary N) is 3. The molecular formula is C37H53N7O7. The van der Waals surface area contributed by atoms with Crippen molar-refractivity contribution in [3.8, 4) is 0 Å². The smallest absolute Gasteiger partial charge is 0.408 e. The molecule has 0 aliphatic rings. The Balaban J connectivity index is 2.22. The van der Waals surface area contributed by atoms with Crippen molar-refractivity contribution in [1.82, 2.24) is 16.0 Å². The van der Waals surface area contributed by atoms with Gasteiger partial charge in [-0.1, -0.05) is 94.8 Å². The average molecular weight is 708 g/mol. The Bertz CT molecular complexity index is 1480. The topological polar surface area (TPSA) is 238 Å². The van der Waals surface area contributed by atoms with Gasteiger partial charge in [0.1, 0.15) is 12.6 Å². The Morgan fingerprint density at radius 2 is 1.41 bits per heavy atom. The molecular weight excluding hydrogens is 654 g/mol. The molecule has 0 saturated heterocycles. The molecule has 0 radical (unpaired) electrons. The molecule has 0 fully saturated rings. The van der Waals surface area contributed by atoms with Gasteiger partial charge >= 0.3 is 6.09 Å². The number of hydrogen-bond acceptors (Lipinski definition) is 8. The summed E-state index contributed by atoms with van der Waals surface area (Å²) in [6, 6.07) is 14.8. The number of primary amides is 1. The van der Waals surface area contributed by atoms with Gasteiger partial charge in [-0.25, -0.2) is 4.79 Å². The lowest BCUT2D eigenvalue weighted by Crippen LogP contribution is -2.55. The second-order valence-corrected chi connectivity index (χ2v) is 13.1. The first-order valence-corrected chi connectivity index (χ1v) is 17.2. The summed E-state index contributed by atoms with van der Waals surface area (Å²) in [4.78, 5) is 82.9. The lowest BCUT2D eigenvalue weighted by Gasteiger charge is -2.27. The minimum atomic E-state index is -1.24. The second-order valence-electron chi connectivity index (χ2n) is 13.1. The van der Waals surface area contributed by atoms with E-state index in [0.29, 0.717) is 19.3 Å². The molecule has 1 unspecified atom stereocenters. The third kappa shape index (κ3) is 15.4. The molecule has 0 heterocycles. The molecule has 0 aromatic heterocycles. The number of nitrogens with one attached hydrogen (secondary N) is 3. The number of Topliss-reactive ketones (excluding diaryl/α,β-unsaturated/α-hetero) is 2. The van der Waals surface area contributed by atoms with E-state index in [1.54, 1.807) is 13.8 Å². The van der Waals surface area contributed by atoms with Gasteiger partial charge in [-0.15, -0.1) is 0 Å². The van der Waals surface area contributed by atoms with Crippen LogP contribution in [0.1, 0.15) is 70.9 Å². The van der Waals surface area contributed by atoms with E-state index in [2.05, 4.69) is 20.9 Å². The van der Waals surface area contributed by atoms with Crippen molar-refractivity contribution in [3.05, 3.63) is 71.8 Å². The summed E-state index contributed by atoms with van der Waals surface area (Å²) in [6.07, 6.45) is 0.260. The minimum Gasteiger partial charge on any atom is -0.445 e. The molecule has 0 aliphatic carbocycles. The molecule has 9 N–H and O–H groups in total. The summed E-state index contributed by atoms with van der Waals surface area (Å²) < 4.78 is 5.38. The van der Waals surface area contributed by atoms with Crippen molar-refractivity contribution < 1.29 is 33.5 Å². The molecule has 0 aliphatic heterocycles. The molecule has 5 atom stereocenters. The molecule has 2 aromatic carbocycles. The number of carbonyl (C=O) groups excluding carboxylic acids is 6. The molecule has 0 spiro atoms. The van der Waals surface area contributed by atoms with Gasteiger partial charge in [-0.2, -0.15) is 0 Å². The van der Waals surface area contributed by atoms with Gasteiger partial charge in [0.25, 0.3) is 5.91 Å². The predicted molar refractivity (Wildman–Crippen MR) is 194 cm³/mol. The summed E-state index contributed by atoms with van der Waals surface area (Å²) in [5, 5.41) is 7.77. The highest BCUT2D eigenvalue weighted by atomic mass is 16.5. The fourth-order valence-electron chi connectivity index (χ4n) is 5.37. The van der Waals surface area contributed by atoms with Crippen LogP contribution in [0.2, 0.25) is 0 Å². The molecule has 4 amide bonds. The number of nitrogens with zero attached hydrogens (tertiary/aromatic N) is 1. The van der Waals surface area contributed by atoms with Crippen molar-refractivity contribution in [1.29, 1.82) is 0 Å². The van der Waals surface area contributed by atoms with E-state index in [0.717, 1.165) is 11.1 Å². The molecule has 51 heavy (non-hydrogen) atoms. The van der Waals surface area contributed by atoms with Crippen LogP contribution >= 0.6 is 0 Å². The average Bonchev–Trinajstić information content (AvgIpc) is 3.10. The van der Waals surface area contributed by atoms with E-state index >= 15 is 0 Å². The van der Waals surface area contributed by atoms with Gasteiger partial charge in [0.2, 0.25) is 17.6 Å². The Kier molecular flexibility index (Phi) is 17.9. The predicted octanol–water partition coefficient (Wildman–Crippen LogP) is 2.27. The Hall–Kier alpha value is -5.27. The highest BCUT2D eigenvalue weighted by Crippen LogP contribution is 2.20. The van der Waals surface area contributed by atoms with Crippen LogP contribution in [0.4, 0.5) is 4.79 Å². The lowest BCUT2D eigenvalue weighted by molar-refractivity contribution is -0.142. The fourth-order valence-corrected chi connectivity index (χ4v) is 5.37. The number of ketones is 2. The first-order valence-electron chi connectivity index (χ1n) is 17.2.